The molecule has 1 saturated heterocycles. The van der Waals surface area contributed by atoms with Crippen molar-refractivity contribution in [1.82, 2.24) is 9.97 Å². The van der Waals surface area contributed by atoms with E-state index in [0.717, 1.165) is 12.4 Å². The predicted octanol–water partition coefficient (Wildman–Crippen LogP) is -0.288. The summed E-state index contributed by atoms with van der Waals surface area (Å²) in [5.74, 6) is 0.226. The largest absolute Gasteiger partial charge is 0.512 e. The molecule has 0 bridgehead atoms. The van der Waals surface area contributed by atoms with E-state index < -0.39 is 18.5 Å². The first-order valence-electron chi connectivity index (χ1n) is 4.42. The number of aromatic nitrogens is 2. The van der Waals surface area contributed by atoms with Gasteiger partial charge >= 0.3 is 6.98 Å². The topological polar surface area (TPSA) is 49.2 Å². The van der Waals surface area contributed by atoms with Crippen LogP contribution in [0, 0.1) is 0 Å². The van der Waals surface area contributed by atoms with Crippen molar-refractivity contribution in [3.63, 3.8) is 0 Å². The molecule has 1 aliphatic rings. The highest BCUT2D eigenvalue weighted by Crippen LogP contribution is 2.15. The summed E-state index contributed by atoms with van der Waals surface area (Å²) in [7, 11) is 0. The number of halogens is 3. The average Bonchev–Trinajstić information content (AvgIpc) is 2.12. The zero-order chi connectivity index (χ0) is 11.1. The highest BCUT2D eigenvalue weighted by Gasteiger charge is 2.29. The van der Waals surface area contributed by atoms with Crippen LogP contribution in [0.2, 0.25) is 0 Å². The molecule has 1 aromatic heterocycles. The lowest BCUT2D eigenvalue weighted by Gasteiger charge is -2.35. The van der Waals surface area contributed by atoms with Crippen molar-refractivity contribution >= 4 is 18.4 Å². The van der Waals surface area contributed by atoms with Gasteiger partial charge in [-0.05, 0) is 0 Å². The van der Waals surface area contributed by atoms with Crippen LogP contribution < -0.4 is 10.4 Å². The fraction of sp³-hybridized carbons (Fsp3) is 0.429. The normalized spacial score (nSPS) is 17.7. The van der Waals surface area contributed by atoms with Gasteiger partial charge in [0.1, 0.15) is 0 Å². The van der Waals surface area contributed by atoms with Crippen LogP contribution >= 0.6 is 0 Å². The highest BCUT2D eigenvalue weighted by atomic mass is 19.4. The zero-order valence-electron chi connectivity index (χ0n) is 7.65. The van der Waals surface area contributed by atoms with Crippen molar-refractivity contribution in [3.8, 4) is 0 Å². The molecule has 1 N–H and O–H groups in total. The zero-order valence-corrected chi connectivity index (χ0v) is 7.65. The van der Waals surface area contributed by atoms with Crippen LogP contribution in [0.5, 0.6) is 0 Å². The van der Waals surface area contributed by atoms with Crippen molar-refractivity contribution in [2.24, 2.45) is 0 Å². The maximum absolute atomic E-state index is 12.2. The van der Waals surface area contributed by atoms with Crippen LogP contribution in [0.3, 0.4) is 0 Å². The Bertz CT molecular complexity index is 349. The number of hydrogen-bond donors (Lipinski definition) is 1. The van der Waals surface area contributed by atoms with Gasteiger partial charge in [-0.2, -0.15) is 0 Å². The Balaban J connectivity index is 2.11. The van der Waals surface area contributed by atoms with E-state index in [2.05, 4.69) is 9.97 Å². The molecule has 0 radical (unpaired) electrons. The third-order valence-electron chi connectivity index (χ3n) is 2.18. The van der Waals surface area contributed by atoms with Crippen molar-refractivity contribution in [2.45, 2.75) is 6.10 Å². The van der Waals surface area contributed by atoms with Gasteiger partial charge in [0.25, 0.3) is 0 Å². The third kappa shape index (κ3) is 2.04. The maximum atomic E-state index is 12.2. The second kappa shape index (κ2) is 3.37. The minimum atomic E-state index is -5.03. The Hall–Kier alpha value is -1.31. The van der Waals surface area contributed by atoms with Gasteiger partial charge in [-0.3, -0.25) is 0 Å². The molecule has 0 saturated carbocycles. The van der Waals surface area contributed by atoms with E-state index >= 15 is 0 Å². The molecule has 2 rings (SSSR count). The molecule has 0 spiro atoms. The second-order valence-corrected chi connectivity index (χ2v) is 3.45. The molecule has 15 heavy (non-hydrogen) atoms. The van der Waals surface area contributed by atoms with E-state index in [1.165, 1.54) is 0 Å². The SMILES string of the molecule is OC1CN(c2ncc([B-](F)(F)F)cn2)C1. The minimum absolute atomic E-state index is 0.226. The monoisotopic (exact) mass is 218 g/mol. The van der Waals surface area contributed by atoms with Crippen molar-refractivity contribution in [3.05, 3.63) is 12.4 Å². The molecule has 4 nitrogen and oxygen atoms in total. The second-order valence-electron chi connectivity index (χ2n) is 3.45. The molecule has 8 heteroatoms. The van der Waals surface area contributed by atoms with Crippen LogP contribution in [0.1, 0.15) is 0 Å². The fourth-order valence-electron chi connectivity index (χ4n) is 1.28. The summed E-state index contributed by atoms with van der Waals surface area (Å²) in [5, 5.41) is 8.99. The van der Waals surface area contributed by atoms with Gasteiger partial charge in [0.2, 0.25) is 5.95 Å². The van der Waals surface area contributed by atoms with Crippen molar-refractivity contribution in [1.29, 1.82) is 0 Å². The van der Waals surface area contributed by atoms with E-state index in [9.17, 15) is 12.9 Å². The molecule has 0 unspecified atom stereocenters. The molecule has 0 aromatic carbocycles. The summed E-state index contributed by atoms with van der Waals surface area (Å²) < 4.78 is 36.6. The molecule has 1 aliphatic heterocycles. The summed E-state index contributed by atoms with van der Waals surface area (Å²) in [5.41, 5.74) is -0.806. The van der Waals surface area contributed by atoms with Gasteiger partial charge in [0, 0.05) is 25.5 Å². The van der Waals surface area contributed by atoms with Crippen molar-refractivity contribution in [2.75, 3.05) is 18.0 Å². The lowest BCUT2D eigenvalue weighted by Crippen LogP contribution is -2.51. The van der Waals surface area contributed by atoms with Crippen molar-refractivity contribution < 1.29 is 18.1 Å². The summed E-state index contributed by atoms with van der Waals surface area (Å²) in [6.45, 7) is -4.29. The third-order valence-corrected chi connectivity index (χ3v) is 2.18. The lowest BCUT2D eigenvalue weighted by atomic mass is 9.83. The van der Waals surface area contributed by atoms with E-state index in [0.29, 0.717) is 13.1 Å². The number of nitrogens with zero attached hydrogens (tertiary/aromatic N) is 3. The summed E-state index contributed by atoms with van der Waals surface area (Å²) >= 11 is 0. The molecule has 1 aromatic rings. The van der Waals surface area contributed by atoms with Gasteiger partial charge in [0.15, 0.2) is 0 Å². The summed E-state index contributed by atoms with van der Waals surface area (Å²) in [6, 6.07) is 0. The molecule has 1 fully saturated rings. The Morgan fingerprint density at radius 2 is 1.80 bits per heavy atom. The molecule has 0 aliphatic carbocycles. The molecule has 2 heterocycles. The molecule has 82 valence electrons. The predicted molar refractivity (Wildman–Crippen MR) is 49.0 cm³/mol. The standard InChI is InChI=1S/C7H8BF3N3O/c9-8(10,11)5-1-12-7(13-2-5)14-3-6(15)4-14/h1-2,6,15H,3-4H2/q-1. The minimum Gasteiger partial charge on any atom is -0.445 e. The van der Waals surface area contributed by atoms with Gasteiger partial charge in [0.05, 0.1) is 6.10 Å². The maximum Gasteiger partial charge on any atom is 0.512 e. The average molecular weight is 218 g/mol. The van der Waals surface area contributed by atoms with Gasteiger partial charge < -0.3 is 23.0 Å². The fourth-order valence-corrected chi connectivity index (χ4v) is 1.28. The molecule has 0 amide bonds. The first-order chi connectivity index (χ1) is 6.97. The van der Waals surface area contributed by atoms with E-state index in [1.807, 2.05) is 0 Å². The van der Waals surface area contributed by atoms with E-state index in [-0.39, 0.29) is 5.95 Å². The Morgan fingerprint density at radius 3 is 2.20 bits per heavy atom. The first-order valence-corrected chi connectivity index (χ1v) is 4.42. The smallest absolute Gasteiger partial charge is 0.445 e. The first kappa shape index (κ1) is 10.2. The molecular weight excluding hydrogens is 210 g/mol. The Kier molecular flexibility index (Phi) is 2.30. The molecule has 0 atom stereocenters. The summed E-state index contributed by atoms with van der Waals surface area (Å²) in [4.78, 5) is 8.81. The van der Waals surface area contributed by atoms with E-state index in [1.54, 1.807) is 4.90 Å². The quantitative estimate of drug-likeness (QED) is 0.693. The Labute approximate surface area is 83.8 Å². The van der Waals surface area contributed by atoms with Gasteiger partial charge in [-0.1, -0.05) is 5.46 Å². The van der Waals surface area contributed by atoms with Gasteiger partial charge in [-0.25, -0.2) is 9.97 Å². The van der Waals surface area contributed by atoms with Crippen LogP contribution in [-0.2, 0) is 0 Å². The van der Waals surface area contributed by atoms with Crippen LogP contribution in [0.15, 0.2) is 12.4 Å². The van der Waals surface area contributed by atoms with Crippen LogP contribution in [0.25, 0.3) is 0 Å². The summed E-state index contributed by atoms with van der Waals surface area (Å²) in [6.07, 6.45) is 1.11. The highest BCUT2D eigenvalue weighted by molar-refractivity contribution is 6.73. The number of rotatable bonds is 2. The number of aliphatic hydroxyl groups is 1. The number of hydrogen-bond acceptors (Lipinski definition) is 4. The Morgan fingerprint density at radius 1 is 1.27 bits per heavy atom. The van der Waals surface area contributed by atoms with Gasteiger partial charge in [-0.15, -0.1) is 0 Å². The van der Waals surface area contributed by atoms with Crippen LogP contribution in [0.4, 0.5) is 18.9 Å². The van der Waals surface area contributed by atoms with E-state index in [4.69, 9.17) is 5.11 Å². The van der Waals surface area contributed by atoms with Crippen LogP contribution in [-0.4, -0.2) is 41.2 Å². The molecular formula is C7H8BF3N3O-. The number of β-amino-alcohol motifs (C(OH)–C–C–N with tert-alkyl or cyclic N) is 1. The lowest BCUT2D eigenvalue weighted by molar-refractivity contribution is 0.140. The number of aliphatic hydroxyl groups excluding tert-OH is 1. The number of anilines is 1.